The summed E-state index contributed by atoms with van der Waals surface area (Å²) in [5.74, 6) is 0.603. The lowest BCUT2D eigenvalue weighted by Crippen LogP contribution is -2.30. The maximum absolute atomic E-state index is 12.2. The number of benzene rings is 2. The van der Waals surface area contributed by atoms with Gasteiger partial charge in [0.2, 0.25) is 0 Å². The Morgan fingerprint density at radius 3 is 2.48 bits per heavy atom. The molecule has 130 valence electrons. The highest BCUT2D eigenvalue weighted by atomic mass is 16.6. The maximum atomic E-state index is 12.2. The van der Waals surface area contributed by atoms with Gasteiger partial charge in [-0.1, -0.05) is 48.5 Å². The molecule has 1 aliphatic rings. The highest BCUT2D eigenvalue weighted by Gasteiger charge is 2.21. The molecule has 0 fully saturated rings. The first-order valence-electron chi connectivity index (χ1n) is 8.50. The molecular weight excluding hydrogens is 314 g/mol. The number of phenolic OH excluding ortho intramolecular Hbond substituents is 1. The van der Waals surface area contributed by atoms with E-state index in [4.69, 9.17) is 4.74 Å². The molecule has 0 aromatic heterocycles. The molecule has 4 nitrogen and oxygen atoms in total. The van der Waals surface area contributed by atoms with Crippen molar-refractivity contribution in [3.8, 4) is 5.75 Å². The Balaban J connectivity index is 1.61. The van der Waals surface area contributed by atoms with Crippen molar-refractivity contribution in [1.29, 1.82) is 0 Å². The van der Waals surface area contributed by atoms with Crippen molar-refractivity contribution < 1.29 is 14.6 Å². The minimum atomic E-state index is -0.323. The Kier molecular flexibility index (Phi) is 5.08. The average Bonchev–Trinajstić information content (AvgIpc) is 2.64. The first-order valence-corrected chi connectivity index (χ1v) is 8.50. The van der Waals surface area contributed by atoms with Crippen LogP contribution in [0, 0.1) is 13.8 Å². The Hall–Kier alpha value is -2.75. The van der Waals surface area contributed by atoms with Gasteiger partial charge in [0.1, 0.15) is 12.4 Å². The van der Waals surface area contributed by atoms with Gasteiger partial charge in [0, 0.05) is 18.7 Å². The number of carbonyl (C=O) groups excluding carboxylic acids is 1. The molecular formula is C21H23NO3. The van der Waals surface area contributed by atoms with Crippen LogP contribution in [0.5, 0.6) is 5.75 Å². The van der Waals surface area contributed by atoms with Crippen LogP contribution in [-0.2, 0) is 11.3 Å². The predicted octanol–water partition coefficient (Wildman–Crippen LogP) is 4.65. The monoisotopic (exact) mass is 337 g/mol. The number of aryl methyl sites for hydroxylation is 2. The summed E-state index contributed by atoms with van der Waals surface area (Å²) < 4.78 is 5.37. The second-order valence-corrected chi connectivity index (χ2v) is 6.47. The van der Waals surface area contributed by atoms with E-state index in [1.807, 2.05) is 62.4 Å². The van der Waals surface area contributed by atoms with E-state index in [2.05, 4.69) is 0 Å². The predicted molar refractivity (Wildman–Crippen MR) is 97.4 cm³/mol. The molecule has 0 bridgehead atoms. The van der Waals surface area contributed by atoms with E-state index in [-0.39, 0.29) is 18.6 Å². The first-order chi connectivity index (χ1) is 12.0. The first kappa shape index (κ1) is 17.1. The summed E-state index contributed by atoms with van der Waals surface area (Å²) in [6, 6.07) is 13.7. The molecule has 25 heavy (non-hydrogen) atoms. The van der Waals surface area contributed by atoms with Crippen molar-refractivity contribution in [2.75, 3.05) is 6.54 Å². The van der Waals surface area contributed by atoms with Crippen LogP contribution in [0.1, 0.15) is 34.6 Å². The van der Waals surface area contributed by atoms with Crippen LogP contribution in [0.25, 0.3) is 0 Å². The van der Waals surface area contributed by atoms with E-state index in [1.54, 1.807) is 11.1 Å². The molecule has 0 aliphatic carbocycles. The molecule has 1 aliphatic heterocycles. The lowest BCUT2D eigenvalue weighted by molar-refractivity contribution is 0.108. The largest absolute Gasteiger partial charge is 0.507 e. The van der Waals surface area contributed by atoms with Gasteiger partial charge in [0.15, 0.2) is 0 Å². The lowest BCUT2D eigenvalue weighted by atomic mass is 9.91. The van der Waals surface area contributed by atoms with Crippen molar-refractivity contribution >= 4 is 6.09 Å². The van der Waals surface area contributed by atoms with E-state index in [0.29, 0.717) is 12.3 Å². The number of aromatic hydroxyl groups is 1. The second-order valence-electron chi connectivity index (χ2n) is 6.47. The van der Waals surface area contributed by atoms with Crippen LogP contribution in [0.15, 0.2) is 54.7 Å². The van der Waals surface area contributed by atoms with Crippen LogP contribution < -0.4 is 0 Å². The minimum absolute atomic E-state index is 0.246. The fourth-order valence-electron chi connectivity index (χ4n) is 3.09. The number of amides is 1. The third-order valence-corrected chi connectivity index (χ3v) is 4.56. The van der Waals surface area contributed by atoms with Gasteiger partial charge < -0.3 is 9.84 Å². The molecule has 0 spiro atoms. The molecule has 0 saturated carbocycles. The standard InChI is InChI=1S/C21H23NO3/c1-15-12-19(13-16(2)20(15)23)18-8-10-22(11-9-18)21(24)25-14-17-6-4-3-5-7-17/h3-8,10,12-13,18,23H,9,11,14H2,1-2H3/t18-/m1/s1. The quantitative estimate of drug-likeness (QED) is 0.887. The molecule has 1 amide bonds. The number of carbonyl (C=O) groups is 1. The van der Waals surface area contributed by atoms with Crippen LogP contribution in [0.4, 0.5) is 4.79 Å². The number of rotatable bonds is 3. The zero-order chi connectivity index (χ0) is 17.8. The number of hydrogen-bond donors (Lipinski definition) is 1. The van der Waals surface area contributed by atoms with Gasteiger partial charge in [-0.3, -0.25) is 4.90 Å². The minimum Gasteiger partial charge on any atom is -0.507 e. The van der Waals surface area contributed by atoms with Gasteiger partial charge in [0.05, 0.1) is 0 Å². The number of nitrogens with zero attached hydrogens (tertiary/aromatic N) is 1. The van der Waals surface area contributed by atoms with Gasteiger partial charge in [-0.05, 0) is 42.5 Å². The van der Waals surface area contributed by atoms with Gasteiger partial charge in [-0.15, -0.1) is 0 Å². The third kappa shape index (κ3) is 4.02. The number of hydrogen-bond acceptors (Lipinski definition) is 3. The van der Waals surface area contributed by atoms with Gasteiger partial charge in [-0.25, -0.2) is 4.79 Å². The summed E-state index contributed by atoms with van der Waals surface area (Å²) in [5, 5.41) is 9.91. The van der Waals surface area contributed by atoms with Crippen LogP contribution >= 0.6 is 0 Å². The second kappa shape index (κ2) is 7.43. The fourth-order valence-corrected chi connectivity index (χ4v) is 3.09. The zero-order valence-electron chi connectivity index (χ0n) is 14.6. The molecule has 3 rings (SSSR count). The van der Waals surface area contributed by atoms with E-state index in [0.717, 1.165) is 23.1 Å². The Bertz CT molecular complexity index is 760. The maximum Gasteiger partial charge on any atom is 0.414 e. The lowest BCUT2D eigenvalue weighted by Gasteiger charge is -2.26. The SMILES string of the molecule is Cc1cc([C@@H]2C=CN(C(=O)OCc3ccccc3)CC2)cc(C)c1O. The molecule has 1 N–H and O–H groups in total. The molecule has 2 aromatic rings. The van der Waals surface area contributed by atoms with Crippen molar-refractivity contribution in [2.24, 2.45) is 0 Å². The summed E-state index contributed by atoms with van der Waals surface area (Å²) in [4.78, 5) is 13.8. The zero-order valence-corrected chi connectivity index (χ0v) is 14.6. The molecule has 1 atom stereocenters. The van der Waals surface area contributed by atoms with Crippen LogP contribution in [-0.4, -0.2) is 22.6 Å². The molecule has 1 heterocycles. The summed E-state index contributed by atoms with van der Waals surface area (Å²) in [7, 11) is 0. The number of allylic oxidation sites excluding steroid dienone is 1. The number of ether oxygens (including phenoxy) is 1. The normalized spacial score (nSPS) is 16.7. The summed E-state index contributed by atoms with van der Waals surface area (Å²) in [5.41, 5.74) is 3.91. The van der Waals surface area contributed by atoms with E-state index in [1.165, 1.54) is 5.56 Å². The summed E-state index contributed by atoms with van der Waals surface area (Å²) >= 11 is 0. The van der Waals surface area contributed by atoms with Crippen LogP contribution in [0.3, 0.4) is 0 Å². The molecule has 0 unspecified atom stereocenters. The Morgan fingerprint density at radius 2 is 1.88 bits per heavy atom. The third-order valence-electron chi connectivity index (χ3n) is 4.56. The molecule has 2 aromatic carbocycles. The topological polar surface area (TPSA) is 49.8 Å². The fraction of sp³-hybridized carbons (Fsp3) is 0.286. The summed E-state index contributed by atoms with van der Waals surface area (Å²) in [6.07, 6.45) is 4.34. The van der Waals surface area contributed by atoms with Crippen LogP contribution in [0.2, 0.25) is 0 Å². The van der Waals surface area contributed by atoms with E-state index >= 15 is 0 Å². The Morgan fingerprint density at radius 1 is 1.20 bits per heavy atom. The molecule has 0 radical (unpaired) electrons. The highest BCUT2D eigenvalue weighted by Crippen LogP contribution is 2.31. The Labute approximate surface area is 148 Å². The molecule has 4 heteroatoms. The summed E-state index contributed by atoms with van der Waals surface area (Å²) in [6.45, 7) is 4.72. The molecule has 0 saturated heterocycles. The van der Waals surface area contributed by atoms with Crippen molar-refractivity contribution in [3.63, 3.8) is 0 Å². The van der Waals surface area contributed by atoms with Crippen molar-refractivity contribution in [2.45, 2.75) is 32.8 Å². The van der Waals surface area contributed by atoms with Gasteiger partial charge in [0.25, 0.3) is 0 Å². The van der Waals surface area contributed by atoms with Crippen molar-refractivity contribution in [3.05, 3.63) is 77.0 Å². The van der Waals surface area contributed by atoms with Gasteiger partial charge >= 0.3 is 6.09 Å². The number of phenols is 1. The van der Waals surface area contributed by atoms with Gasteiger partial charge in [-0.2, -0.15) is 0 Å². The van der Waals surface area contributed by atoms with E-state index in [9.17, 15) is 9.90 Å². The smallest absolute Gasteiger partial charge is 0.414 e. The average molecular weight is 337 g/mol. The van der Waals surface area contributed by atoms with Crippen molar-refractivity contribution in [1.82, 2.24) is 4.90 Å². The highest BCUT2D eigenvalue weighted by molar-refractivity contribution is 5.69. The van der Waals surface area contributed by atoms with E-state index < -0.39 is 0 Å².